The molecule has 0 spiro atoms. The van der Waals surface area contributed by atoms with Gasteiger partial charge in [0.1, 0.15) is 0 Å². The van der Waals surface area contributed by atoms with Crippen molar-refractivity contribution in [3.63, 3.8) is 0 Å². The van der Waals surface area contributed by atoms with E-state index in [2.05, 4.69) is 23.5 Å². The summed E-state index contributed by atoms with van der Waals surface area (Å²) in [6.45, 7) is 4.42. The molecule has 0 atom stereocenters. The summed E-state index contributed by atoms with van der Waals surface area (Å²) in [7, 11) is 0. The Morgan fingerprint density at radius 3 is 2.68 bits per heavy atom. The molecule has 2 aromatic carbocycles. The summed E-state index contributed by atoms with van der Waals surface area (Å²) in [6.07, 6.45) is 0. The molecule has 1 heterocycles. The average Bonchev–Trinajstić information content (AvgIpc) is 2.42. The van der Waals surface area contributed by atoms with Crippen molar-refractivity contribution in [2.45, 2.75) is 13.8 Å². The Kier molecular flexibility index (Phi) is 2.75. The number of hydrogen-bond donors (Lipinski definition) is 1. The lowest BCUT2D eigenvalue weighted by Crippen LogP contribution is -2.36. The molecule has 0 unspecified atom stereocenters. The smallest absolute Gasteiger partial charge is 0.250 e. The largest absolute Gasteiger partial charge is 0.374 e. The fraction of sp³-hybridized carbons (Fsp3) is 0.188. The first-order chi connectivity index (χ1) is 9.16. The Morgan fingerprint density at radius 1 is 1.05 bits per heavy atom. The van der Waals surface area contributed by atoms with Gasteiger partial charge in [-0.15, -0.1) is 0 Å². The van der Waals surface area contributed by atoms with Gasteiger partial charge in [0.2, 0.25) is 0 Å². The van der Waals surface area contributed by atoms with Crippen molar-refractivity contribution in [1.29, 1.82) is 0 Å². The van der Waals surface area contributed by atoms with Crippen LogP contribution in [0.1, 0.15) is 11.1 Å². The highest BCUT2D eigenvalue weighted by Gasteiger charge is 2.25. The van der Waals surface area contributed by atoms with Crippen LogP contribution in [0.5, 0.6) is 0 Å². The highest BCUT2D eigenvalue weighted by molar-refractivity contribution is 6.08. The Balaban J connectivity index is 2.18. The lowest BCUT2D eigenvalue weighted by Gasteiger charge is -2.31. The number of nitrogens with zero attached hydrogens (tertiary/aromatic N) is 1. The van der Waals surface area contributed by atoms with Gasteiger partial charge in [0.25, 0.3) is 5.91 Å². The predicted octanol–water partition coefficient (Wildman–Crippen LogP) is 3.39. The van der Waals surface area contributed by atoms with E-state index in [1.165, 1.54) is 0 Å². The molecular formula is C16H16N2O. The quantitative estimate of drug-likeness (QED) is 0.843. The first-order valence-electron chi connectivity index (χ1n) is 6.40. The molecule has 0 fully saturated rings. The number of carbonyl (C=O) groups excluding carboxylic acids is 1. The van der Waals surface area contributed by atoms with Crippen LogP contribution < -0.4 is 10.2 Å². The van der Waals surface area contributed by atoms with E-state index in [1.54, 1.807) is 0 Å². The standard InChI is InChI=1S/C16H16N2O/c1-11-7-8-12(2)15(9-11)18-14-6-4-3-5-13(14)17-10-16(18)19/h3-9,17H,10H2,1-2H3. The molecule has 1 amide bonds. The SMILES string of the molecule is Cc1ccc(C)c(N2C(=O)CNc3ccccc32)c1. The second-order valence-corrected chi connectivity index (χ2v) is 4.89. The van der Waals surface area contributed by atoms with Crippen LogP contribution in [0.15, 0.2) is 42.5 Å². The van der Waals surface area contributed by atoms with Crippen molar-refractivity contribution in [3.05, 3.63) is 53.6 Å². The molecule has 1 N–H and O–H groups in total. The fourth-order valence-electron chi connectivity index (χ4n) is 2.43. The summed E-state index contributed by atoms with van der Waals surface area (Å²) in [5.74, 6) is 0.0763. The third kappa shape index (κ3) is 1.97. The van der Waals surface area contributed by atoms with Gasteiger partial charge in [-0.3, -0.25) is 9.69 Å². The zero-order valence-corrected chi connectivity index (χ0v) is 11.1. The number of anilines is 3. The van der Waals surface area contributed by atoms with Crippen LogP contribution in [0.4, 0.5) is 17.1 Å². The highest BCUT2D eigenvalue weighted by Crippen LogP contribution is 2.36. The Labute approximate surface area is 112 Å². The lowest BCUT2D eigenvalue weighted by atomic mass is 10.1. The summed E-state index contributed by atoms with van der Waals surface area (Å²) in [4.78, 5) is 14.1. The van der Waals surface area contributed by atoms with Crippen molar-refractivity contribution in [1.82, 2.24) is 0 Å². The minimum Gasteiger partial charge on any atom is -0.374 e. The Bertz CT molecular complexity index is 649. The van der Waals surface area contributed by atoms with Crippen molar-refractivity contribution >= 4 is 23.0 Å². The van der Waals surface area contributed by atoms with E-state index in [9.17, 15) is 4.79 Å². The number of nitrogens with one attached hydrogen (secondary N) is 1. The highest BCUT2D eigenvalue weighted by atomic mass is 16.2. The van der Waals surface area contributed by atoms with Gasteiger partial charge in [-0.2, -0.15) is 0 Å². The van der Waals surface area contributed by atoms with Crippen molar-refractivity contribution < 1.29 is 4.79 Å². The Hall–Kier alpha value is -2.29. The maximum absolute atomic E-state index is 12.3. The van der Waals surface area contributed by atoms with Gasteiger partial charge < -0.3 is 5.32 Å². The van der Waals surface area contributed by atoms with Crippen molar-refractivity contribution in [3.8, 4) is 0 Å². The molecule has 0 aliphatic carbocycles. The molecule has 0 bridgehead atoms. The third-order valence-corrected chi connectivity index (χ3v) is 3.43. The van der Waals surface area contributed by atoms with Gasteiger partial charge >= 0.3 is 0 Å². The second kappa shape index (κ2) is 4.43. The topological polar surface area (TPSA) is 32.3 Å². The van der Waals surface area contributed by atoms with E-state index in [0.29, 0.717) is 6.54 Å². The predicted molar refractivity (Wildman–Crippen MR) is 78.0 cm³/mol. The zero-order chi connectivity index (χ0) is 13.4. The second-order valence-electron chi connectivity index (χ2n) is 4.89. The van der Waals surface area contributed by atoms with E-state index < -0.39 is 0 Å². The van der Waals surface area contributed by atoms with Gasteiger partial charge in [-0.1, -0.05) is 24.3 Å². The van der Waals surface area contributed by atoms with Gasteiger partial charge in [-0.05, 0) is 43.2 Å². The maximum atomic E-state index is 12.3. The molecule has 3 heteroatoms. The van der Waals surface area contributed by atoms with E-state index >= 15 is 0 Å². The van der Waals surface area contributed by atoms with Gasteiger partial charge in [0, 0.05) is 0 Å². The molecule has 3 rings (SSSR count). The maximum Gasteiger partial charge on any atom is 0.250 e. The number of hydrogen-bond acceptors (Lipinski definition) is 2. The third-order valence-electron chi connectivity index (χ3n) is 3.43. The summed E-state index contributed by atoms with van der Waals surface area (Å²) >= 11 is 0. The molecular weight excluding hydrogens is 236 g/mol. The molecule has 2 aromatic rings. The summed E-state index contributed by atoms with van der Waals surface area (Å²) in [5.41, 5.74) is 5.16. The van der Waals surface area contributed by atoms with Crippen LogP contribution in [0.25, 0.3) is 0 Å². The van der Waals surface area contributed by atoms with Gasteiger partial charge in [0.15, 0.2) is 0 Å². The number of rotatable bonds is 1. The molecule has 0 saturated carbocycles. The lowest BCUT2D eigenvalue weighted by molar-refractivity contribution is -0.116. The van der Waals surface area contributed by atoms with Crippen LogP contribution in [-0.2, 0) is 4.79 Å². The molecule has 1 aliphatic heterocycles. The number of amides is 1. The molecule has 0 saturated heterocycles. The summed E-state index contributed by atoms with van der Waals surface area (Å²) < 4.78 is 0. The molecule has 0 aromatic heterocycles. The van der Waals surface area contributed by atoms with Crippen LogP contribution in [0.3, 0.4) is 0 Å². The number of aryl methyl sites for hydroxylation is 2. The Morgan fingerprint density at radius 2 is 1.84 bits per heavy atom. The van der Waals surface area contributed by atoms with E-state index in [1.807, 2.05) is 43.0 Å². The first kappa shape index (κ1) is 11.8. The van der Waals surface area contributed by atoms with Gasteiger partial charge in [-0.25, -0.2) is 0 Å². The van der Waals surface area contributed by atoms with Crippen LogP contribution in [0, 0.1) is 13.8 Å². The average molecular weight is 252 g/mol. The monoisotopic (exact) mass is 252 g/mol. The molecule has 0 radical (unpaired) electrons. The first-order valence-corrected chi connectivity index (χ1v) is 6.40. The molecule has 3 nitrogen and oxygen atoms in total. The molecule has 19 heavy (non-hydrogen) atoms. The number of fused-ring (bicyclic) bond motifs is 1. The summed E-state index contributed by atoms with van der Waals surface area (Å²) in [6, 6.07) is 14.1. The van der Waals surface area contributed by atoms with Gasteiger partial charge in [0.05, 0.1) is 23.6 Å². The normalized spacial score (nSPS) is 14.0. The fourth-order valence-corrected chi connectivity index (χ4v) is 2.43. The number of para-hydroxylation sites is 2. The molecule has 96 valence electrons. The van der Waals surface area contributed by atoms with E-state index in [4.69, 9.17) is 0 Å². The minimum absolute atomic E-state index is 0.0763. The van der Waals surface area contributed by atoms with Crippen LogP contribution >= 0.6 is 0 Å². The van der Waals surface area contributed by atoms with Crippen molar-refractivity contribution in [2.24, 2.45) is 0 Å². The minimum atomic E-state index is 0.0763. The molecule has 1 aliphatic rings. The van der Waals surface area contributed by atoms with E-state index in [0.717, 1.165) is 28.2 Å². The van der Waals surface area contributed by atoms with E-state index in [-0.39, 0.29) is 5.91 Å². The van der Waals surface area contributed by atoms with Crippen molar-refractivity contribution in [2.75, 3.05) is 16.8 Å². The summed E-state index contributed by atoms with van der Waals surface area (Å²) in [5, 5.41) is 3.15. The van der Waals surface area contributed by atoms with Crippen LogP contribution in [-0.4, -0.2) is 12.5 Å². The zero-order valence-electron chi connectivity index (χ0n) is 11.1. The van der Waals surface area contributed by atoms with Crippen LogP contribution in [0.2, 0.25) is 0 Å². The number of carbonyl (C=O) groups is 1. The number of benzene rings is 2.